The largest absolute Gasteiger partial charge is 0.348 e. The van der Waals surface area contributed by atoms with E-state index in [9.17, 15) is 4.79 Å². The molecule has 0 radical (unpaired) electrons. The number of fused-ring (bicyclic) bond motifs is 1. The normalized spacial score (nSPS) is 23.8. The van der Waals surface area contributed by atoms with Crippen LogP contribution < -0.4 is 10.2 Å². The monoisotopic (exact) mass is 219 g/mol. The molecule has 0 saturated carbocycles. The Labute approximate surface area is 96.5 Å². The van der Waals surface area contributed by atoms with Crippen LogP contribution in [0, 0.1) is 0 Å². The van der Waals surface area contributed by atoms with Crippen LogP contribution >= 0.6 is 0 Å². The van der Waals surface area contributed by atoms with Gasteiger partial charge in [0.15, 0.2) is 6.17 Å². The molecule has 1 aromatic rings. The van der Waals surface area contributed by atoms with Gasteiger partial charge in [-0.1, -0.05) is 26.0 Å². The van der Waals surface area contributed by atoms with E-state index in [2.05, 4.69) is 19.2 Å². The Kier molecular flexibility index (Phi) is 2.97. The first-order valence-corrected chi connectivity index (χ1v) is 5.95. The Bertz CT molecular complexity index is 414. The van der Waals surface area contributed by atoms with Gasteiger partial charge in [-0.3, -0.25) is 4.90 Å². The SMILES string of the molecule is CCc1cccc2c1C(=O)[NH+](C)C(CC)N2. The smallest absolute Gasteiger partial charge is 0.335 e. The Morgan fingerprint density at radius 3 is 2.75 bits per heavy atom. The summed E-state index contributed by atoms with van der Waals surface area (Å²) < 4.78 is 0. The van der Waals surface area contributed by atoms with Crippen LogP contribution in [0.3, 0.4) is 0 Å². The quantitative estimate of drug-likeness (QED) is 0.780. The van der Waals surface area contributed by atoms with E-state index in [1.165, 1.54) is 0 Å². The molecule has 0 spiro atoms. The fourth-order valence-corrected chi connectivity index (χ4v) is 2.34. The fourth-order valence-electron chi connectivity index (χ4n) is 2.34. The van der Waals surface area contributed by atoms with Crippen LogP contribution in [-0.4, -0.2) is 19.1 Å². The summed E-state index contributed by atoms with van der Waals surface area (Å²) in [7, 11) is 1.94. The number of hydrogen-bond donors (Lipinski definition) is 2. The Morgan fingerprint density at radius 1 is 1.38 bits per heavy atom. The second-order valence-corrected chi connectivity index (χ2v) is 4.31. The van der Waals surface area contributed by atoms with Crippen LogP contribution in [0.1, 0.15) is 36.2 Å². The van der Waals surface area contributed by atoms with E-state index in [0.29, 0.717) is 0 Å². The highest BCUT2D eigenvalue weighted by molar-refractivity contribution is 5.97. The molecule has 0 aromatic heterocycles. The summed E-state index contributed by atoms with van der Waals surface area (Å²) in [5, 5.41) is 3.44. The van der Waals surface area contributed by atoms with E-state index in [1.807, 2.05) is 25.2 Å². The number of hydrogen-bond acceptors (Lipinski definition) is 2. The van der Waals surface area contributed by atoms with Crippen LogP contribution in [0.15, 0.2) is 18.2 Å². The molecule has 0 aliphatic carbocycles. The third-order valence-corrected chi connectivity index (χ3v) is 3.38. The second kappa shape index (κ2) is 4.26. The van der Waals surface area contributed by atoms with Crippen molar-refractivity contribution in [2.24, 2.45) is 0 Å². The van der Waals surface area contributed by atoms with Crippen molar-refractivity contribution in [1.82, 2.24) is 0 Å². The molecule has 3 heteroatoms. The maximum absolute atomic E-state index is 12.3. The lowest BCUT2D eigenvalue weighted by Crippen LogP contribution is -3.17. The minimum Gasteiger partial charge on any atom is -0.335 e. The second-order valence-electron chi connectivity index (χ2n) is 4.31. The molecule has 0 bridgehead atoms. The highest BCUT2D eigenvalue weighted by Crippen LogP contribution is 2.22. The van der Waals surface area contributed by atoms with Gasteiger partial charge in [-0.2, -0.15) is 0 Å². The molecule has 1 heterocycles. The van der Waals surface area contributed by atoms with E-state index < -0.39 is 0 Å². The molecule has 2 rings (SSSR count). The molecule has 86 valence electrons. The number of carbonyl (C=O) groups is 1. The van der Waals surface area contributed by atoms with Gasteiger partial charge in [-0.05, 0) is 18.1 Å². The molecule has 3 nitrogen and oxygen atoms in total. The third kappa shape index (κ3) is 1.61. The maximum Gasteiger partial charge on any atom is 0.348 e. The van der Waals surface area contributed by atoms with Gasteiger partial charge in [-0.15, -0.1) is 0 Å². The number of amides is 1. The summed E-state index contributed by atoms with van der Waals surface area (Å²) in [6, 6.07) is 6.06. The Morgan fingerprint density at radius 2 is 2.12 bits per heavy atom. The summed E-state index contributed by atoms with van der Waals surface area (Å²) in [6.07, 6.45) is 2.06. The maximum atomic E-state index is 12.3. The lowest BCUT2D eigenvalue weighted by atomic mass is 9.99. The first kappa shape index (κ1) is 11.1. The highest BCUT2D eigenvalue weighted by Gasteiger charge is 2.34. The van der Waals surface area contributed by atoms with Crippen LogP contribution in [0.2, 0.25) is 0 Å². The zero-order valence-electron chi connectivity index (χ0n) is 10.1. The van der Waals surface area contributed by atoms with Gasteiger partial charge in [0.25, 0.3) is 0 Å². The van der Waals surface area contributed by atoms with E-state index in [1.54, 1.807) is 0 Å². The first-order valence-electron chi connectivity index (χ1n) is 5.95. The van der Waals surface area contributed by atoms with E-state index in [0.717, 1.165) is 34.6 Å². The highest BCUT2D eigenvalue weighted by atomic mass is 16.2. The van der Waals surface area contributed by atoms with Gasteiger partial charge in [0.1, 0.15) is 5.56 Å². The molecule has 2 N–H and O–H groups in total. The van der Waals surface area contributed by atoms with Crippen molar-refractivity contribution < 1.29 is 9.69 Å². The molecule has 0 saturated heterocycles. The number of rotatable bonds is 2. The van der Waals surface area contributed by atoms with E-state index in [4.69, 9.17) is 0 Å². The molecule has 16 heavy (non-hydrogen) atoms. The zero-order chi connectivity index (χ0) is 11.7. The predicted octanol–water partition coefficient (Wildman–Crippen LogP) is 1.07. The topological polar surface area (TPSA) is 33.5 Å². The van der Waals surface area contributed by atoms with Gasteiger partial charge in [-0.25, -0.2) is 4.79 Å². The van der Waals surface area contributed by atoms with Gasteiger partial charge in [0.2, 0.25) is 0 Å². The average molecular weight is 219 g/mol. The molecule has 2 unspecified atom stereocenters. The fraction of sp³-hybridized carbons (Fsp3) is 0.462. The van der Waals surface area contributed by atoms with Crippen molar-refractivity contribution in [3.63, 3.8) is 0 Å². The van der Waals surface area contributed by atoms with Crippen molar-refractivity contribution >= 4 is 11.6 Å². The molecule has 1 aliphatic rings. The molecular weight excluding hydrogens is 200 g/mol. The lowest BCUT2D eigenvalue weighted by molar-refractivity contribution is -0.817. The van der Waals surface area contributed by atoms with Crippen molar-refractivity contribution in [2.75, 3.05) is 12.4 Å². The third-order valence-electron chi connectivity index (χ3n) is 3.38. The van der Waals surface area contributed by atoms with Crippen LogP contribution in [-0.2, 0) is 6.42 Å². The van der Waals surface area contributed by atoms with Crippen molar-refractivity contribution in [1.29, 1.82) is 0 Å². The van der Waals surface area contributed by atoms with Gasteiger partial charge in [0, 0.05) is 6.42 Å². The average Bonchev–Trinajstić information content (AvgIpc) is 2.32. The van der Waals surface area contributed by atoms with Crippen molar-refractivity contribution in [3.8, 4) is 0 Å². The summed E-state index contributed by atoms with van der Waals surface area (Å²) >= 11 is 0. The van der Waals surface area contributed by atoms with Crippen LogP contribution in [0.25, 0.3) is 0 Å². The molecule has 0 fully saturated rings. The Hall–Kier alpha value is -1.35. The minimum atomic E-state index is 0.201. The first-order chi connectivity index (χ1) is 7.69. The van der Waals surface area contributed by atoms with E-state index >= 15 is 0 Å². The number of carbonyl (C=O) groups excluding carboxylic acids is 1. The summed E-state index contributed by atoms with van der Waals surface area (Å²) in [4.78, 5) is 13.2. The van der Waals surface area contributed by atoms with Crippen molar-refractivity contribution in [3.05, 3.63) is 29.3 Å². The minimum absolute atomic E-state index is 0.201. The predicted molar refractivity (Wildman–Crippen MR) is 64.7 cm³/mol. The van der Waals surface area contributed by atoms with E-state index in [-0.39, 0.29) is 12.1 Å². The Balaban J connectivity index is 2.50. The number of aryl methyl sites for hydroxylation is 1. The van der Waals surface area contributed by atoms with Gasteiger partial charge in [0.05, 0.1) is 12.7 Å². The molecule has 2 atom stereocenters. The summed E-state index contributed by atoms with van der Waals surface area (Å²) in [5.74, 6) is 0.220. The molecule has 1 aromatic carbocycles. The summed E-state index contributed by atoms with van der Waals surface area (Å²) in [6.45, 7) is 4.19. The molecular formula is C13H19N2O+. The molecule has 1 amide bonds. The van der Waals surface area contributed by atoms with Crippen LogP contribution in [0.5, 0.6) is 0 Å². The van der Waals surface area contributed by atoms with Crippen LogP contribution in [0.4, 0.5) is 5.69 Å². The molecule has 1 aliphatic heterocycles. The standard InChI is InChI=1S/C13H18N2O/c1-4-9-7-6-8-10-12(9)13(16)15(3)11(5-2)14-10/h6-8,11,14H,4-5H2,1-3H3/p+1. The lowest BCUT2D eigenvalue weighted by Gasteiger charge is -2.30. The number of quaternary nitrogens is 1. The zero-order valence-corrected chi connectivity index (χ0v) is 10.1. The van der Waals surface area contributed by atoms with Crippen molar-refractivity contribution in [2.45, 2.75) is 32.9 Å². The number of benzene rings is 1. The van der Waals surface area contributed by atoms with Gasteiger partial charge < -0.3 is 5.32 Å². The number of anilines is 1. The summed E-state index contributed by atoms with van der Waals surface area (Å²) in [5.41, 5.74) is 3.03. The number of nitrogens with one attached hydrogen (secondary N) is 2. The van der Waals surface area contributed by atoms with Gasteiger partial charge >= 0.3 is 5.91 Å².